The average Bonchev–Trinajstić information content (AvgIpc) is 2.32. The Balaban J connectivity index is 2.24. The maximum absolute atomic E-state index is 5.53. The Kier molecular flexibility index (Phi) is 3.43. The zero-order valence-corrected chi connectivity index (χ0v) is 10.6. The summed E-state index contributed by atoms with van der Waals surface area (Å²) in [6, 6.07) is 5.36. The second-order valence-electron chi connectivity index (χ2n) is 3.18. The number of ether oxygens (including phenoxy) is 2. The fourth-order valence-corrected chi connectivity index (χ4v) is 1.65. The van der Waals surface area contributed by atoms with E-state index in [1.165, 1.54) is 12.4 Å². The van der Waals surface area contributed by atoms with Crippen LogP contribution in [0.1, 0.15) is 0 Å². The molecule has 0 bridgehead atoms. The molecule has 0 aliphatic heterocycles. The maximum Gasteiger partial charge on any atom is 0.239 e. The predicted octanol–water partition coefficient (Wildman–Crippen LogP) is 2.62. The standard InChI is InChI=1S/C11H10BrN3O2/c1-16-7-2-3-9(8(12)4-7)17-11-6-14-5-10(13)15-11/h2-6H,1H3,(H2,13,15). The van der Waals surface area contributed by atoms with Crippen LogP contribution in [0.2, 0.25) is 0 Å². The van der Waals surface area contributed by atoms with Gasteiger partial charge in [-0.3, -0.25) is 4.98 Å². The van der Waals surface area contributed by atoms with E-state index in [0.29, 0.717) is 17.4 Å². The van der Waals surface area contributed by atoms with Crippen LogP contribution in [0.4, 0.5) is 5.82 Å². The van der Waals surface area contributed by atoms with Gasteiger partial charge in [0.05, 0.1) is 24.0 Å². The summed E-state index contributed by atoms with van der Waals surface area (Å²) < 4.78 is 11.4. The van der Waals surface area contributed by atoms with Crippen molar-refractivity contribution in [1.82, 2.24) is 9.97 Å². The van der Waals surface area contributed by atoms with Crippen LogP contribution in [-0.2, 0) is 0 Å². The first-order valence-electron chi connectivity index (χ1n) is 4.78. The van der Waals surface area contributed by atoms with Crippen LogP contribution < -0.4 is 15.2 Å². The monoisotopic (exact) mass is 295 g/mol. The summed E-state index contributed by atoms with van der Waals surface area (Å²) in [7, 11) is 1.60. The Morgan fingerprint density at radius 2 is 2.12 bits per heavy atom. The zero-order valence-electron chi connectivity index (χ0n) is 9.05. The molecule has 1 heterocycles. The molecule has 0 aliphatic carbocycles. The number of hydrogen-bond donors (Lipinski definition) is 1. The topological polar surface area (TPSA) is 70.3 Å². The highest BCUT2D eigenvalue weighted by atomic mass is 79.9. The van der Waals surface area contributed by atoms with Crippen molar-refractivity contribution in [2.24, 2.45) is 0 Å². The van der Waals surface area contributed by atoms with E-state index in [0.717, 1.165) is 10.2 Å². The summed E-state index contributed by atoms with van der Waals surface area (Å²) in [5.74, 6) is 2.01. The number of nitrogens with two attached hydrogens (primary N) is 1. The van der Waals surface area contributed by atoms with E-state index in [1.807, 2.05) is 0 Å². The minimum Gasteiger partial charge on any atom is -0.497 e. The summed E-state index contributed by atoms with van der Waals surface area (Å²) in [4.78, 5) is 7.88. The van der Waals surface area contributed by atoms with Crippen molar-refractivity contribution in [1.29, 1.82) is 0 Å². The van der Waals surface area contributed by atoms with Gasteiger partial charge in [-0.2, -0.15) is 4.98 Å². The highest BCUT2D eigenvalue weighted by molar-refractivity contribution is 9.10. The van der Waals surface area contributed by atoms with Gasteiger partial charge in [0, 0.05) is 0 Å². The molecule has 0 atom stereocenters. The van der Waals surface area contributed by atoms with Gasteiger partial charge in [-0.05, 0) is 34.1 Å². The summed E-state index contributed by atoms with van der Waals surface area (Å²) in [5.41, 5.74) is 5.51. The first-order valence-corrected chi connectivity index (χ1v) is 5.57. The lowest BCUT2D eigenvalue weighted by Gasteiger charge is -2.08. The molecular formula is C11H10BrN3O2. The molecule has 0 spiro atoms. The molecular weight excluding hydrogens is 286 g/mol. The molecule has 1 aromatic heterocycles. The Hall–Kier alpha value is -1.82. The number of nitrogens with zero attached hydrogens (tertiary/aromatic N) is 2. The number of rotatable bonds is 3. The first kappa shape index (κ1) is 11.7. The predicted molar refractivity (Wildman–Crippen MR) is 67.2 cm³/mol. The fraction of sp³-hybridized carbons (Fsp3) is 0.0909. The Bertz CT molecular complexity index is 534. The number of methoxy groups -OCH3 is 1. The van der Waals surface area contributed by atoms with Gasteiger partial charge >= 0.3 is 0 Å². The van der Waals surface area contributed by atoms with E-state index < -0.39 is 0 Å². The molecule has 5 nitrogen and oxygen atoms in total. The SMILES string of the molecule is COc1ccc(Oc2cncc(N)n2)c(Br)c1. The average molecular weight is 296 g/mol. The molecule has 2 aromatic rings. The molecule has 0 radical (unpaired) electrons. The van der Waals surface area contributed by atoms with Gasteiger partial charge in [-0.25, -0.2) is 0 Å². The fourth-order valence-electron chi connectivity index (χ4n) is 1.22. The molecule has 1 aromatic carbocycles. The van der Waals surface area contributed by atoms with Crippen LogP contribution in [0.3, 0.4) is 0 Å². The third-order valence-corrected chi connectivity index (χ3v) is 2.60. The molecule has 88 valence electrons. The third kappa shape index (κ3) is 2.85. The summed E-state index contributed by atoms with van der Waals surface area (Å²) in [6.45, 7) is 0. The Labute approximate surface area is 107 Å². The van der Waals surface area contributed by atoms with Gasteiger partial charge in [-0.15, -0.1) is 0 Å². The van der Waals surface area contributed by atoms with Gasteiger partial charge in [0.25, 0.3) is 0 Å². The number of halogens is 1. The molecule has 0 fully saturated rings. The van der Waals surface area contributed by atoms with Gasteiger partial charge in [0.1, 0.15) is 17.3 Å². The number of hydrogen-bond acceptors (Lipinski definition) is 5. The molecule has 2 rings (SSSR count). The van der Waals surface area contributed by atoms with Crippen molar-refractivity contribution < 1.29 is 9.47 Å². The summed E-state index contributed by atoms with van der Waals surface area (Å²) in [6.07, 6.45) is 2.95. The number of benzene rings is 1. The minimum atomic E-state index is 0.312. The second kappa shape index (κ2) is 5.01. The highest BCUT2D eigenvalue weighted by Gasteiger charge is 2.05. The molecule has 0 saturated heterocycles. The van der Waals surface area contributed by atoms with Crippen molar-refractivity contribution in [2.45, 2.75) is 0 Å². The van der Waals surface area contributed by atoms with Crippen molar-refractivity contribution in [2.75, 3.05) is 12.8 Å². The van der Waals surface area contributed by atoms with Crippen LogP contribution in [-0.4, -0.2) is 17.1 Å². The first-order chi connectivity index (χ1) is 8.19. The molecule has 6 heteroatoms. The van der Waals surface area contributed by atoms with Crippen molar-refractivity contribution in [3.8, 4) is 17.4 Å². The van der Waals surface area contributed by atoms with E-state index in [2.05, 4.69) is 25.9 Å². The van der Waals surface area contributed by atoms with Gasteiger partial charge in [-0.1, -0.05) is 0 Å². The van der Waals surface area contributed by atoms with E-state index in [-0.39, 0.29) is 0 Å². The molecule has 0 amide bonds. The van der Waals surface area contributed by atoms with E-state index in [9.17, 15) is 0 Å². The van der Waals surface area contributed by atoms with Crippen LogP contribution in [0.25, 0.3) is 0 Å². The molecule has 0 saturated carbocycles. The molecule has 0 unspecified atom stereocenters. The lowest BCUT2D eigenvalue weighted by atomic mass is 10.3. The highest BCUT2D eigenvalue weighted by Crippen LogP contribution is 2.31. The van der Waals surface area contributed by atoms with Gasteiger partial charge in [0.15, 0.2) is 0 Å². The van der Waals surface area contributed by atoms with E-state index >= 15 is 0 Å². The second-order valence-corrected chi connectivity index (χ2v) is 4.03. The molecule has 0 aliphatic rings. The quantitative estimate of drug-likeness (QED) is 0.942. The largest absolute Gasteiger partial charge is 0.497 e. The molecule has 2 N–H and O–H groups in total. The van der Waals surface area contributed by atoms with Gasteiger partial charge < -0.3 is 15.2 Å². The molecule has 17 heavy (non-hydrogen) atoms. The van der Waals surface area contributed by atoms with E-state index in [4.69, 9.17) is 15.2 Å². The lowest BCUT2D eigenvalue weighted by Crippen LogP contribution is -1.95. The van der Waals surface area contributed by atoms with Crippen molar-refractivity contribution in [3.63, 3.8) is 0 Å². The Morgan fingerprint density at radius 3 is 2.76 bits per heavy atom. The summed E-state index contributed by atoms with van der Waals surface area (Å²) in [5, 5.41) is 0. The zero-order chi connectivity index (χ0) is 12.3. The van der Waals surface area contributed by atoms with Crippen LogP contribution in [0.15, 0.2) is 35.1 Å². The minimum absolute atomic E-state index is 0.312. The van der Waals surface area contributed by atoms with Crippen molar-refractivity contribution in [3.05, 3.63) is 35.1 Å². The number of anilines is 1. The van der Waals surface area contributed by atoms with Gasteiger partial charge in [0.2, 0.25) is 5.88 Å². The maximum atomic E-state index is 5.53. The number of aromatic nitrogens is 2. The smallest absolute Gasteiger partial charge is 0.239 e. The van der Waals surface area contributed by atoms with Crippen LogP contribution in [0.5, 0.6) is 17.4 Å². The third-order valence-electron chi connectivity index (χ3n) is 1.98. The lowest BCUT2D eigenvalue weighted by molar-refractivity contribution is 0.411. The van der Waals surface area contributed by atoms with Crippen molar-refractivity contribution >= 4 is 21.7 Å². The summed E-state index contributed by atoms with van der Waals surface area (Å²) >= 11 is 3.38. The van der Waals surface area contributed by atoms with E-state index in [1.54, 1.807) is 25.3 Å². The number of nitrogen functional groups attached to an aromatic ring is 1. The van der Waals surface area contributed by atoms with Crippen LogP contribution >= 0.6 is 15.9 Å². The van der Waals surface area contributed by atoms with Crippen LogP contribution in [0, 0.1) is 0 Å². The Morgan fingerprint density at radius 1 is 1.29 bits per heavy atom. The normalized spacial score (nSPS) is 10.0.